The molecule has 4 nitrogen and oxygen atoms in total. The Morgan fingerprint density at radius 3 is 2.58 bits per heavy atom. The van der Waals surface area contributed by atoms with E-state index in [1.165, 1.54) is 22.8 Å². The number of hydrogen-bond donors (Lipinski definition) is 2. The molecule has 0 atom stereocenters. The van der Waals surface area contributed by atoms with Gasteiger partial charge in [-0.1, -0.05) is 0 Å². The lowest BCUT2D eigenvalue weighted by molar-refractivity contribution is 0.602. The Hall–Kier alpha value is -1.53. The van der Waals surface area contributed by atoms with Crippen LogP contribution in [0, 0.1) is 6.92 Å². The molecule has 2 aromatic rings. The Kier molecular flexibility index (Phi) is 3.82. The summed E-state index contributed by atoms with van der Waals surface area (Å²) in [5, 5.41) is 5.27. The minimum absolute atomic E-state index is 0.239. The number of aryl methyl sites for hydroxylation is 1. The highest BCUT2D eigenvalue weighted by Crippen LogP contribution is 2.24. The van der Waals surface area contributed by atoms with Crippen molar-refractivity contribution in [3.8, 4) is 0 Å². The summed E-state index contributed by atoms with van der Waals surface area (Å²) >= 11 is 1.68. The second-order valence-electron chi connectivity index (χ2n) is 4.40. The van der Waals surface area contributed by atoms with Crippen molar-refractivity contribution in [2.45, 2.75) is 18.4 Å². The fourth-order valence-electron chi connectivity index (χ4n) is 1.69. The van der Waals surface area contributed by atoms with Gasteiger partial charge < -0.3 is 11.1 Å². The Morgan fingerprint density at radius 1 is 1.32 bits per heavy atom. The zero-order valence-electron chi connectivity index (χ0n) is 10.8. The molecule has 0 saturated heterocycles. The number of sulfone groups is 1. The number of nitrogens with one attached hydrogen (secondary N) is 1. The van der Waals surface area contributed by atoms with Gasteiger partial charge in [-0.25, -0.2) is 8.42 Å². The quantitative estimate of drug-likeness (QED) is 0.851. The van der Waals surface area contributed by atoms with E-state index in [2.05, 4.69) is 18.3 Å². The van der Waals surface area contributed by atoms with Crippen LogP contribution < -0.4 is 11.1 Å². The molecule has 0 bridgehead atoms. The molecule has 0 aliphatic carbocycles. The van der Waals surface area contributed by atoms with Gasteiger partial charge in [0.1, 0.15) is 0 Å². The summed E-state index contributed by atoms with van der Waals surface area (Å²) in [5.74, 6) is 0. The fraction of sp³-hybridized carbons (Fsp3) is 0.231. The van der Waals surface area contributed by atoms with Gasteiger partial charge in [0.25, 0.3) is 0 Å². The minimum Gasteiger partial charge on any atom is -0.397 e. The molecule has 0 unspecified atom stereocenters. The average Bonchev–Trinajstić information content (AvgIpc) is 2.72. The molecule has 0 saturated carbocycles. The molecule has 6 heteroatoms. The van der Waals surface area contributed by atoms with Crippen molar-refractivity contribution in [1.29, 1.82) is 0 Å². The molecule has 0 fully saturated rings. The molecule has 1 heterocycles. The molecule has 102 valence electrons. The molecule has 0 aliphatic heterocycles. The van der Waals surface area contributed by atoms with Crippen LogP contribution in [-0.4, -0.2) is 14.7 Å². The molecule has 19 heavy (non-hydrogen) atoms. The van der Waals surface area contributed by atoms with Crippen LogP contribution in [-0.2, 0) is 16.4 Å². The van der Waals surface area contributed by atoms with Crippen LogP contribution >= 0.6 is 11.3 Å². The second-order valence-corrected chi connectivity index (χ2v) is 7.42. The molecule has 2 rings (SSSR count). The first-order valence-corrected chi connectivity index (χ1v) is 8.51. The van der Waals surface area contributed by atoms with E-state index in [0.717, 1.165) is 5.69 Å². The van der Waals surface area contributed by atoms with Crippen LogP contribution in [0.1, 0.15) is 10.4 Å². The Balaban J connectivity index is 2.16. The van der Waals surface area contributed by atoms with Gasteiger partial charge >= 0.3 is 0 Å². The van der Waals surface area contributed by atoms with E-state index in [1.807, 2.05) is 5.38 Å². The van der Waals surface area contributed by atoms with Gasteiger partial charge in [-0.2, -0.15) is 0 Å². The standard InChI is InChI=1S/C13H16N2O2S2/c1-9-5-6-18-13(9)8-15-12-4-3-10(7-11(12)14)19(2,16)17/h3-7,15H,8,14H2,1-2H3. The lowest BCUT2D eigenvalue weighted by Crippen LogP contribution is -2.04. The summed E-state index contributed by atoms with van der Waals surface area (Å²) in [6, 6.07) is 6.82. The molecule has 0 aliphatic rings. The van der Waals surface area contributed by atoms with Gasteiger partial charge in [0.15, 0.2) is 9.84 Å². The first kappa shape index (κ1) is 13.9. The number of anilines is 2. The number of thiophene rings is 1. The Morgan fingerprint density at radius 2 is 2.05 bits per heavy atom. The van der Waals surface area contributed by atoms with Crippen molar-refractivity contribution < 1.29 is 8.42 Å². The summed E-state index contributed by atoms with van der Waals surface area (Å²) in [5.41, 5.74) is 8.30. The molecule has 0 radical (unpaired) electrons. The van der Waals surface area contributed by atoms with Gasteiger partial charge in [-0.15, -0.1) is 11.3 Å². The van der Waals surface area contributed by atoms with Crippen molar-refractivity contribution >= 4 is 32.5 Å². The summed E-state index contributed by atoms with van der Waals surface area (Å²) < 4.78 is 22.8. The lowest BCUT2D eigenvalue weighted by atomic mass is 10.2. The third-order valence-corrected chi connectivity index (χ3v) is 4.99. The van der Waals surface area contributed by atoms with Gasteiger partial charge in [0.05, 0.1) is 16.3 Å². The van der Waals surface area contributed by atoms with E-state index >= 15 is 0 Å². The van der Waals surface area contributed by atoms with Crippen LogP contribution in [0.5, 0.6) is 0 Å². The number of nitrogens with two attached hydrogens (primary N) is 1. The van der Waals surface area contributed by atoms with Crippen molar-refractivity contribution in [1.82, 2.24) is 0 Å². The summed E-state index contributed by atoms with van der Waals surface area (Å²) in [7, 11) is -3.21. The van der Waals surface area contributed by atoms with Crippen LogP contribution in [0.4, 0.5) is 11.4 Å². The molecular formula is C13H16N2O2S2. The maximum atomic E-state index is 11.4. The van der Waals surface area contributed by atoms with Crippen molar-refractivity contribution in [2.75, 3.05) is 17.3 Å². The third kappa shape index (κ3) is 3.27. The highest BCUT2D eigenvalue weighted by atomic mass is 32.2. The van der Waals surface area contributed by atoms with E-state index in [0.29, 0.717) is 12.2 Å². The second kappa shape index (κ2) is 5.22. The monoisotopic (exact) mass is 296 g/mol. The minimum atomic E-state index is -3.21. The maximum absolute atomic E-state index is 11.4. The lowest BCUT2D eigenvalue weighted by Gasteiger charge is -2.10. The van der Waals surface area contributed by atoms with E-state index in [9.17, 15) is 8.42 Å². The molecule has 3 N–H and O–H groups in total. The number of benzene rings is 1. The number of hydrogen-bond acceptors (Lipinski definition) is 5. The SMILES string of the molecule is Cc1ccsc1CNc1ccc(S(C)(=O)=O)cc1N. The molecule has 0 amide bonds. The topological polar surface area (TPSA) is 72.2 Å². The summed E-state index contributed by atoms with van der Waals surface area (Å²) in [6.07, 6.45) is 1.17. The predicted molar refractivity (Wildman–Crippen MR) is 80.3 cm³/mol. The van der Waals surface area contributed by atoms with Gasteiger partial charge in [0.2, 0.25) is 0 Å². The van der Waals surface area contributed by atoms with Crippen LogP contribution in [0.25, 0.3) is 0 Å². The fourth-order valence-corrected chi connectivity index (χ4v) is 3.20. The first-order valence-electron chi connectivity index (χ1n) is 5.74. The predicted octanol–water partition coefficient (Wildman–Crippen LogP) is 2.65. The molecule has 0 spiro atoms. The maximum Gasteiger partial charge on any atom is 0.175 e. The average molecular weight is 296 g/mol. The third-order valence-electron chi connectivity index (χ3n) is 2.86. The molecular weight excluding hydrogens is 280 g/mol. The molecule has 1 aromatic heterocycles. The summed E-state index contributed by atoms with van der Waals surface area (Å²) in [6.45, 7) is 2.75. The van der Waals surface area contributed by atoms with Crippen molar-refractivity contribution in [3.63, 3.8) is 0 Å². The number of nitrogen functional groups attached to an aromatic ring is 1. The van der Waals surface area contributed by atoms with E-state index in [-0.39, 0.29) is 4.90 Å². The van der Waals surface area contributed by atoms with Crippen molar-refractivity contribution in [3.05, 3.63) is 40.1 Å². The highest BCUT2D eigenvalue weighted by Gasteiger charge is 2.09. The smallest absolute Gasteiger partial charge is 0.175 e. The normalized spacial score (nSPS) is 11.5. The highest BCUT2D eigenvalue weighted by molar-refractivity contribution is 7.90. The van der Waals surface area contributed by atoms with Crippen LogP contribution in [0.3, 0.4) is 0 Å². The summed E-state index contributed by atoms with van der Waals surface area (Å²) in [4.78, 5) is 1.48. The van der Waals surface area contributed by atoms with Crippen molar-refractivity contribution in [2.24, 2.45) is 0 Å². The van der Waals surface area contributed by atoms with Crippen LogP contribution in [0.2, 0.25) is 0 Å². The van der Waals surface area contributed by atoms with E-state index in [1.54, 1.807) is 23.5 Å². The largest absolute Gasteiger partial charge is 0.397 e. The Labute approximate surface area is 117 Å². The number of rotatable bonds is 4. The zero-order valence-corrected chi connectivity index (χ0v) is 12.4. The van der Waals surface area contributed by atoms with E-state index < -0.39 is 9.84 Å². The first-order chi connectivity index (χ1) is 8.88. The van der Waals surface area contributed by atoms with Gasteiger partial charge in [-0.3, -0.25) is 0 Å². The molecule has 1 aromatic carbocycles. The van der Waals surface area contributed by atoms with Crippen LogP contribution in [0.15, 0.2) is 34.5 Å². The van der Waals surface area contributed by atoms with Gasteiger partial charge in [0, 0.05) is 17.7 Å². The zero-order chi connectivity index (χ0) is 14.0. The Bertz CT molecular complexity index is 690. The van der Waals surface area contributed by atoms with Gasteiger partial charge in [-0.05, 0) is 42.1 Å². The van der Waals surface area contributed by atoms with E-state index in [4.69, 9.17) is 5.73 Å².